The Morgan fingerprint density at radius 3 is 2.61 bits per heavy atom. The van der Waals surface area contributed by atoms with Crippen LogP contribution >= 0.6 is 15.9 Å². The number of nitrogens with one attached hydrogen (secondary N) is 1. The van der Waals surface area contributed by atoms with Gasteiger partial charge in [0.1, 0.15) is 10.7 Å². The molecule has 0 aliphatic carbocycles. The lowest BCUT2D eigenvalue weighted by atomic mass is 10.3. The molecule has 1 aromatic heterocycles. The molecule has 0 radical (unpaired) electrons. The van der Waals surface area contributed by atoms with Crippen LogP contribution in [0.5, 0.6) is 0 Å². The molecule has 0 saturated heterocycles. The predicted octanol–water partition coefficient (Wildman–Crippen LogP) is 2.78. The van der Waals surface area contributed by atoms with Gasteiger partial charge in [-0.1, -0.05) is 12.1 Å². The van der Waals surface area contributed by atoms with Crippen molar-refractivity contribution in [3.05, 3.63) is 53.0 Å². The van der Waals surface area contributed by atoms with Gasteiger partial charge < -0.3 is 0 Å². The zero-order chi connectivity index (χ0) is 13.2. The van der Waals surface area contributed by atoms with Crippen molar-refractivity contribution in [2.24, 2.45) is 0 Å². The first kappa shape index (κ1) is 13.0. The number of hydrogen-bond donors (Lipinski definition) is 1. The SMILES string of the molecule is O=S(=O)(Nc1ccccc1Br)c1cncc(F)c1. The number of rotatable bonds is 3. The van der Waals surface area contributed by atoms with E-state index in [1.807, 2.05) is 0 Å². The Labute approximate surface area is 112 Å². The smallest absolute Gasteiger partial charge is 0.263 e. The van der Waals surface area contributed by atoms with E-state index in [1.54, 1.807) is 24.3 Å². The highest BCUT2D eigenvalue weighted by Crippen LogP contribution is 2.24. The normalized spacial score (nSPS) is 11.2. The van der Waals surface area contributed by atoms with Crippen molar-refractivity contribution in [2.75, 3.05) is 4.72 Å². The molecular formula is C11H8BrFN2O2S. The first-order chi connectivity index (χ1) is 8.49. The number of sulfonamides is 1. The molecule has 0 atom stereocenters. The van der Waals surface area contributed by atoms with Crippen molar-refractivity contribution in [3.8, 4) is 0 Å². The molecule has 1 N–H and O–H groups in total. The van der Waals surface area contributed by atoms with E-state index in [0.29, 0.717) is 10.2 Å². The highest BCUT2D eigenvalue weighted by atomic mass is 79.9. The molecule has 0 amide bonds. The average Bonchev–Trinajstić information content (AvgIpc) is 2.32. The van der Waals surface area contributed by atoms with E-state index in [0.717, 1.165) is 18.5 Å². The van der Waals surface area contributed by atoms with Gasteiger partial charge in [-0.05, 0) is 34.1 Å². The zero-order valence-electron chi connectivity index (χ0n) is 8.97. The minimum absolute atomic E-state index is 0.224. The van der Waals surface area contributed by atoms with Crippen molar-refractivity contribution in [1.82, 2.24) is 4.98 Å². The van der Waals surface area contributed by atoms with Crippen LogP contribution in [-0.2, 0) is 10.0 Å². The van der Waals surface area contributed by atoms with Gasteiger partial charge in [-0.2, -0.15) is 0 Å². The largest absolute Gasteiger partial charge is 0.278 e. The first-order valence-corrected chi connectivity index (χ1v) is 7.14. The zero-order valence-corrected chi connectivity index (χ0v) is 11.4. The van der Waals surface area contributed by atoms with Gasteiger partial charge in [-0.3, -0.25) is 9.71 Å². The molecule has 18 heavy (non-hydrogen) atoms. The second kappa shape index (κ2) is 5.03. The second-order valence-electron chi connectivity index (χ2n) is 3.42. The number of hydrogen-bond acceptors (Lipinski definition) is 3. The van der Waals surface area contributed by atoms with Crippen LogP contribution in [0.15, 0.2) is 52.1 Å². The van der Waals surface area contributed by atoms with Crippen molar-refractivity contribution < 1.29 is 12.8 Å². The molecule has 0 spiro atoms. The third-order valence-electron chi connectivity index (χ3n) is 2.11. The minimum atomic E-state index is -3.84. The molecule has 0 unspecified atom stereocenters. The van der Waals surface area contributed by atoms with E-state index in [2.05, 4.69) is 25.6 Å². The topological polar surface area (TPSA) is 59.1 Å². The molecule has 7 heteroatoms. The Kier molecular flexibility index (Phi) is 3.63. The van der Waals surface area contributed by atoms with Crippen molar-refractivity contribution >= 4 is 31.6 Å². The number of nitrogens with zero attached hydrogens (tertiary/aromatic N) is 1. The lowest BCUT2D eigenvalue weighted by Crippen LogP contribution is -2.13. The molecule has 4 nitrogen and oxygen atoms in total. The second-order valence-corrected chi connectivity index (χ2v) is 5.96. The van der Waals surface area contributed by atoms with E-state index in [-0.39, 0.29) is 4.90 Å². The maximum Gasteiger partial charge on any atom is 0.263 e. The first-order valence-electron chi connectivity index (χ1n) is 4.87. The number of benzene rings is 1. The fourth-order valence-corrected chi connectivity index (χ4v) is 2.85. The third kappa shape index (κ3) is 2.85. The van der Waals surface area contributed by atoms with Gasteiger partial charge in [0.2, 0.25) is 0 Å². The number of aromatic nitrogens is 1. The van der Waals surface area contributed by atoms with Crippen LogP contribution in [0.1, 0.15) is 0 Å². The maximum atomic E-state index is 13.0. The summed E-state index contributed by atoms with van der Waals surface area (Å²) in [6, 6.07) is 7.64. The van der Waals surface area contributed by atoms with Crippen molar-refractivity contribution in [2.45, 2.75) is 4.90 Å². The highest BCUT2D eigenvalue weighted by Gasteiger charge is 2.16. The summed E-state index contributed by atoms with van der Waals surface area (Å²) in [5.74, 6) is -0.704. The summed E-state index contributed by atoms with van der Waals surface area (Å²) in [7, 11) is -3.84. The molecule has 2 aromatic rings. The van der Waals surface area contributed by atoms with Crippen LogP contribution in [0.25, 0.3) is 0 Å². The Balaban J connectivity index is 2.37. The molecule has 1 aromatic carbocycles. The lowest BCUT2D eigenvalue weighted by molar-refractivity contribution is 0.592. The fourth-order valence-electron chi connectivity index (χ4n) is 1.29. The van der Waals surface area contributed by atoms with Gasteiger partial charge >= 0.3 is 0 Å². The van der Waals surface area contributed by atoms with Crippen LogP contribution in [0.2, 0.25) is 0 Å². The Bertz CT molecular complexity index is 676. The van der Waals surface area contributed by atoms with Gasteiger partial charge in [0, 0.05) is 10.7 Å². The highest BCUT2D eigenvalue weighted by molar-refractivity contribution is 9.10. The third-order valence-corrected chi connectivity index (χ3v) is 4.13. The summed E-state index contributed by atoms with van der Waals surface area (Å²) in [5, 5.41) is 0. The molecule has 0 aliphatic rings. The van der Waals surface area contributed by atoms with Gasteiger partial charge in [-0.25, -0.2) is 12.8 Å². The van der Waals surface area contributed by atoms with E-state index in [1.165, 1.54) is 0 Å². The summed E-state index contributed by atoms with van der Waals surface area (Å²) in [4.78, 5) is 3.28. The molecule has 0 bridgehead atoms. The fraction of sp³-hybridized carbons (Fsp3) is 0. The van der Waals surface area contributed by atoms with Gasteiger partial charge in [0.15, 0.2) is 0 Å². The van der Waals surface area contributed by atoms with Crippen molar-refractivity contribution in [1.29, 1.82) is 0 Å². The predicted molar refractivity (Wildman–Crippen MR) is 69.1 cm³/mol. The summed E-state index contributed by atoms with van der Waals surface area (Å²) < 4.78 is 39.8. The van der Waals surface area contributed by atoms with E-state index in [9.17, 15) is 12.8 Å². The standard InChI is InChI=1S/C11H8BrFN2O2S/c12-10-3-1-2-4-11(10)15-18(16,17)9-5-8(13)6-14-7-9/h1-7,15H. The number of anilines is 1. The molecule has 94 valence electrons. The number of para-hydroxylation sites is 1. The molecule has 0 saturated carbocycles. The van der Waals surface area contributed by atoms with Crippen LogP contribution < -0.4 is 4.72 Å². The molecular weight excluding hydrogens is 323 g/mol. The summed E-state index contributed by atoms with van der Waals surface area (Å²) in [6.45, 7) is 0. The summed E-state index contributed by atoms with van der Waals surface area (Å²) in [6.07, 6.45) is 2.03. The molecule has 1 heterocycles. The van der Waals surface area contributed by atoms with Crippen molar-refractivity contribution in [3.63, 3.8) is 0 Å². The van der Waals surface area contributed by atoms with Crippen LogP contribution in [-0.4, -0.2) is 13.4 Å². The van der Waals surface area contributed by atoms with E-state index in [4.69, 9.17) is 0 Å². The Morgan fingerprint density at radius 1 is 1.22 bits per heavy atom. The number of pyridine rings is 1. The van der Waals surface area contributed by atoms with Crippen LogP contribution in [0.3, 0.4) is 0 Å². The van der Waals surface area contributed by atoms with E-state index >= 15 is 0 Å². The van der Waals surface area contributed by atoms with Gasteiger partial charge in [0.05, 0.1) is 11.9 Å². The molecule has 0 aliphatic heterocycles. The summed E-state index contributed by atoms with van der Waals surface area (Å²) in [5.41, 5.74) is 0.377. The van der Waals surface area contributed by atoms with Gasteiger partial charge in [0.25, 0.3) is 10.0 Å². The quantitative estimate of drug-likeness (QED) is 0.941. The monoisotopic (exact) mass is 330 g/mol. The number of halogens is 2. The Hall–Kier alpha value is -1.47. The maximum absolute atomic E-state index is 13.0. The molecule has 0 fully saturated rings. The van der Waals surface area contributed by atoms with Crippen LogP contribution in [0.4, 0.5) is 10.1 Å². The minimum Gasteiger partial charge on any atom is -0.278 e. The summed E-state index contributed by atoms with van der Waals surface area (Å²) >= 11 is 3.22. The Morgan fingerprint density at radius 2 is 1.94 bits per heavy atom. The van der Waals surface area contributed by atoms with E-state index < -0.39 is 15.8 Å². The lowest BCUT2D eigenvalue weighted by Gasteiger charge is -2.09. The average molecular weight is 331 g/mol. The van der Waals surface area contributed by atoms with Crippen LogP contribution in [0, 0.1) is 5.82 Å². The van der Waals surface area contributed by atoms with Gasteiger partial charge in [-0.15, -0.1) is 0 Å². The molecule has 2 rings (SSSR count).